The number of carbonyl (C=O) groups is 1. The van der Waals surface area contributed by atoms with Crippen molar-refractivity contribution in [2.75, 3.05) is 13.2 Å². The summed E-state index contributed by atoms with van der Waals surface area (Å²) in [5, 5.41) is 8.70. The highest BCUT2D eigenvalue weighted by Crippen LogP contribution is 2.14. The van der Waals surface area contributed by atoms with E-state index in [9.17, 15) is 4.79 Å². The van der Waals surface area contributed by atoms with E-state index in [0.717, 1.165) is 24.2 Å². The SMILES string of the molecule is O=C(/C=C/c1ccc(OCCCCO)cc1)Oc1ccccc1. The summed E-state index contributed by atoms with van der Waals surface area (Å²) in [6.07, 6.45) is 4.65. The minimum atomic E-state index is -0.416. The topological polar surface area (TPSA) is 55.8 Å². The molecule has 4 nitrogen and oxygen atoms in total. The van der Waals surface area contributed by atoms with E-state index in [4.69, 9.17) is 14.6 Å². The van der Waals surface area contributed by atoms with Crippen molar-refractivity contribution in [2.45, 2.75) is 12.8 Å². The Morgan fingerprint density at radius 2 is 1.70 bits per heavy atom. The van der Waals surface area contributed by atoms with Crippen LogP contribution in [0.5, 0.6) is 11.5 Å². The van der Waals surface area contributed by atoms with Gasteiger partial charge in [-0.2, -0.15) is 0 Å². The summed E-state index contributed by atoms with van der Waals surface area (Å²) in [4.78, 5) is 11.7. The van der Waals surface area contributed by atoms with Gasteiger partial charge in [-0.15, -0.1) is 0 Å². The lowest BCUT2D eigenvalue weighted by Crippen LogP contribution is -2.03. The number of unbranched alkanes of at least 4 members (excludes halogenated alkanes) is 1. The average Bonchev–Trinajstić information content (AvgIpc) is 2.59. The number of ether oxygens (including phenoxy) is 2. The summed E-state index contributed by atoms with van der Waals surface area (Å²) >= 11 is 0. The lowest BCUT2D eigenvalue weighted by Gasteiger charge is -2.05. The van der Waals surface area contributed by atoms with Crippen LogP contribution >= 0.6 is 0 Å². The summed E-state index contributed by atoms with van der Waals surface area (Å²) in [5.41, 5.74) is 0.887. The predicted molar refractivity (Wildman–Crippen MR) is 89.4 cm³/mol. The van der Waals surface area contributed by atoms with E-state index < -0.39 is 5.97 Å². The number of hydrogen-bond acceptors (Lipinski definition) is 4. The highest BCUT2D eigenvalue weighted by atomic mass is 16.5. The monoisotopic (exact) mass is 312 g/mol. The van der Waals surface area contributed by atoms with Crippen LogP contribution in [-0.2, 0) is 4.79 Å². The molecule has 0 saturated carbocycles. The Morgan fingerprint density at radius 1 is 0.957 bits per heavy atom. The molecule has 4 heteroatoms. The number of esters is 1. The molecule has 0 spiro atoms. The molecule has 0 aliphatic heterocycles. The number of para-hydroxylation sites is 1. The Labute approximate surface area is 136 Å². The fourth-order valence-electron chi connectivity index (χ4n) is 1.88. The number of benzene rings is 2. The smallest absolute Gasteiger partial charge is 0.336 e. The van der Waals surface area contributed by atoms with Gasteiger partial charge in [-0.25, -0.2) is 4.79 Å². The highest BCUT2D eigenvalue weighted by molar-refractivity contribution is 5.88. The first-order valence-electron chi connectivity index (χ1n) is 7.56. The maximum atomic E-state index is 11.7. The fraction of sp³-hybridized carbons (Fsp3) is 0.211. The second-order valence-electron chi connectivity index (χ2n) is 4.92. The maximum absolute atomic E-state index is 11.7. The first kappa shape index (κ1) is 16.8. The van der Waals surface area contributed by atoms with Crippen molar-refractivity contribution in [3.8, 4) is 11.5 Å². The van der Waals surface area contributed by atoms with E-state index in [-0.39, 0.29) is 6.61 Å². The molecule has 0 amide bonds. The largest absolute Gasteiger partial charge is 0.494 e. The molecule has 0 atom stereocenters. The second-order valence-corrected chi connectivity index (χ2v) is 4.92. The summed E-state index contributed by atoms with van der Waals surface area (Å²) in [7, 11) is 0. The third-order valence-electron chi connectivity index (χ3n) is 3.07. The van der Waals surface area contributed by atoms with Crippen LogP contribution in [0.1, 0.15) is 18.4 Å². The summed E-state index contributed by atoms with van der Waals surface area (Å²) in [6.45, 7) is 0.769. The molecule has 0 bridgehead atoms. The zero-order valence-electron chi connectivity index (χ0n) is 12.9. The first-order chi connectivity index (χ1) is 11.3. The lowest BCUT2D eigenvalue weighted by atomic mass is 10.2. The van der Waals surface area contributed by atoms with Crippen LogP contribution in [0.15, 0.2) is 60.7 Å². The number of aliphatic hydroxyl groups is 1. The van der Waals surface area contributed by atoms with Crippen LogP contribution < -0.4 is 9.47 Å². The summed E-state index contributed by atoms with van der Waals surface area (Å²) in [6, 6.07) is 16.4. The summed E-state index contributed by atoms with van der Waals surface area (Å²) < 4.78 is 10.7. The van der Waals surface area contributed by atoms with Crippen LogP contribution in [0.2, 0.25) is 0 Å². The molecule has 0 aliphatic rings. The van der Waals surface area contributed by atoms with Crippen molar-refractivity contribution in [3.63, 3.8) is 0 Å². The molecule has 0 fully saturated rings. The van der Waals surface area contributed by atoms with E-state index in [1.165, 1.54) is 6.08 Å². The van der Waals surface area contributed by atoms with E-state index >= 15 is 0 Å². The van der Waals surface area contributed by atoms with Gasteiger partial charge in [-0.05, 0) is 48.7 Å². The minimum absolute atomic E-state index is 0.187. The average molecular weight is 312 g/mol. The van der Waals surface area contributed by atoms with Gasteiger partial charge < -0.3 is 14.6 Å². The van der Waals surface area contributed by atoms with E-state index in [2.05, 4.69) is 0 Å². The van der Waals surface area contributed by atoms with E-state index in [1.807, 2.05) is 42.5 Å². The van der Waals surface area contributed by atoms with Crippen molar-refractivity contribution in [3.05, 3.63) is 66.2 Å². The molecule has 0 aromatic heterocycles. The van der Waals surface area contributed by atoms with Gasteiger partial charge in [0.25, 0.3) is 0 Å². The molecule has 0 aliphatic carbocycles. The highest BCUT2D eigenvalue weighted by Gasteiger charge is 1.99. The Bertz CT molecular complexity index is 618. The molecule has 0 saturated heterocycles. The van der Waals surface area contributed by atoms with Crippen molar-refractivity contribution >= 4 is 12.0 Å². The molecule has 120 valence electrons. The van der Waals surface area contributed by atoms with Crippen LogP contribution in [-0.4, -0.2) is 24.3 Å². The Kier molecular flexibility index (Phi) is 6.88. The molecule has 2 aromatic carbocycles. The molecule has 23 heavy (non-hydrogen) atoms. The molecule has 0 unspecified atom stereocenters. The second kappa shape index (κ2) is 9.43. The van der Waals surface area contributed by atoms with Gasteiger partial charge in [-0.3, -0.25) is 0 Å². The van der Waals surface area contributed by atoms with Gasteiger partial charge in [0.15, 0.2) is 0 Å². The van der Waals surface area contributed by atoms with Gasteiger partial charge in [0.1, 0.15) is 11.5 Å². The first-order valence-corrected chi connectivity index (χ1v) is 7.56. The van der Waals surface area contributed by atoms with E-state index in [1.54, 1.807) is 18.2 Å². The molecular formula is C19H20O4. The molecule has 0 radical (unpaired) electrons. The third-order valence-corrected chi connectivity index (χ3v) is 3.07. The molecule has 0 heterocycles. The third kappa shape index (κ3) is 6.36. The number of carbonyl (C=O) groups excluding carboxylic acids is 1. The van der Waals surface area contributed by atoms with Crippen LogP contribution in [0, 0.1) is 0 Å². The number of rotatable bonds is 8. The van der Waals surface area contributed by atoms with Crippen LogP contribution in [0.25, 0.3) is 6.08 Å². The van der Waals surface area contributed by atoms with Gasteiger partial charge in [0.2, 0.25) is 0 Å². The van der Waals surface area contributed by atoms with Gasteiger partial charge in [0.05, 0.1) is 6.61 Å². The summed E-state index contributed by atoms with van der Waals surface area (Å²) in [5.74, 6) is 0.876. The zero-order chi connectivity index (χ0) is 16.3. The van der Waals surface area contributed by atoms with Crippen molar-refractivity contribution in [2.24, 2.45) is 0 Å². The normalized spacial score (nSPS) is 10.7. The van der Waals surface area contributed by atoms with Crippen LogP contribution in [0.3, 0.4) is 0 Å². The maximum Gasteiger partial charge on any atom is 0.336 e. The predicted octanol–water partition coefficient (Wildman–Crippen LogP) is 3.46. The van der Waals surface area contributed by atoms with Crippen molar-refractivity contribution < 1.29 is 19.4 Å². The fourth-order valence-corrected chi connectivity index (χ4v) is 1.88. The van der Waals surface area contributed by atoms with Gasteiger partial charge in [-0.1, -0.05) is 30.3 Å². The quantitative estimate of drug-likeness (QED) is 0.351. The standard InChI is InChI=1S/C19H20O4/c20-14-4-5-15-22-17-11-8-16(9-12-17)10-13-19(21)23-18-6-2-1-3-7-18/h1-3,6-13,20H,4-5,14-15H2/b13-10+. The Balaban J connectivity index is 1.81. The minimum Gasteiger partial charge on any atom is -0.494 e. The Hall–Kier alpha value is -2.59. The Morgan fingerprint density at radius 3 is 2.39 bits per heavy atom. The van der Waals surface area contributed by atoms with E-state index in [0.29, 0.717) is 12.4 Å². The van der Waals surface area contributed by atoms with Gasteiger partial charge in [0, 0.05) is 12.7 Å². The molecule has 2 aromatic rings. The van der Waals surface area contributed by atoms with Crippen LogP contribution in [0.4, 0.5) is 0 Å². The molecule has 2 rings (SSSR count). The zero-order valence-corrected chi connectivity index (χ0v) is 12.9. The number of hydrogen-bond donors (Lipinski definition) is 1. The molecule has 1 N–H and O–H groups in total. The van der Waals surface area contributed by atoms with Crippen molar-refractivity contribution in [1.82, 2.24) is 0 Å². The lowest BCUT2D eigenvalue weighted by molar-refractivity contribution is -0.128. The van der Waals surface area contributed by atoms with Gasteiger partial charge >= 0.3 is 5.97 Å². The molecular weight excluding hydrogens is 292 g/mol. The number of aliphatic hydroxyl groups excluding tert-OH is 1. The van der Waals surface area contributed by atoms with Crippen molar-refractivity contribution in [1.29, 1.82) is 0 Å².